The Labute approximate surface area is 214 Å². The summed E-state index contributed by atoms with van der Waals surface area (Å²) >= 11 is 5.21. The Bertz CT molecular complexity index is 1430. The van der Waals surface area contributed by atoms with Gasteiger partial charge in [-0.15, -0.1) is 6.42 Å². The highest BCUT2D eigenvalue weighted by Crippen LogP contribution is 2.37. The third kappa shape index (κ3) is 6.17. The van der Waals surface area contributed by atoms with E-state index in [1.165, 1.54) is 13.0 Å². The van der Waals surface area contributed by atoms with Crippen LogP contribution in [0.5, 0.6) is 23.0 Å². The average Bonchev–Trinajstić information content (AvgIpc) is 2.87. The molecule has 9 heteroatoms. The largest absolute Gasteiger partial charge is 0.493 e. The number of methoxy groups -OCH3 is 2. The number of thiocarbonyl (C=S) groups is 1. The smallest absolute Gasteiger partial charge is 0.265 e. The molecule has 1 aromatic heterocycles. The fourth-order valence-corrected chi connectivity index (χ4v) is 3.42. The van der Waals surface area contributed by atoms with E-state index >= 15 is 0 Å². The van der Waals surface area contributed by atoms with Crippen molar-refractivity contribution in [3.63, 3.8) is 0 Å². The van der Waals surface area contributed by atoms with E-state index in [0.29, 0.717) is 34.2 Å². The van der Waals surface area contributed by atoms with Crippen molar-refractivity contribution in [1.82, 2.24) is 10.3 Å². The van der Waals surface area contributed by atoms with Gasteiger partial charge in [0.2, 0.25) is 0 Å². The van der Waals surface area contributed by atoms with Crippen LogP contribution in [0.15, 0.2) is 66.1 Å². The molecule has 0 bridgehead atoms. The van der Waals surface area contributed by atoms with E-state index in [-0.39, 0.29) is 10.7 Å². The number of nitrogens with one attached hydrogen (secondary N) is 2. The van der Waals surface area contributed by atoms with E-state index in [2.05, 4.69) is 21.5 Å². The minimum Gasteiger partial charge on any atom is -0.493 e. The maximum atomic E-state index is 13.5. The SMILES string of the molecule is C#C/C(=C\C(F)=C/C)C(=O)NC(=S)Nc1ccc(Oc2ccnc3cc(OC)c(OC)cc23)cc1C. The Morgan fingerprint density at radius 3 is 2.50 bits per heavy atom. The summed E-state index contributed by atoms with van der Waals surface area (Å²) in [5, 5.41) is 6.15. The van der Waals surface area contributed by atoms with E-state index in [1.807, 2.05) is 19.1 Å². The van der Waals surface area contributed by atoms with Crippen LogP contribution in [-0.2, 0) is 4.79 Å². The van der Waals surface area contributed by atoms with Crippen molar-refractivity contribution in [1.29, 1.82) is 0 Å². The standard InChI is InChI=1S/C27H24FN3O4S/c1-6-17(13-18(28)7-2)26(32)31-27(36)30-21-9-8-19(12-16(21)3)35-23-10-11-29-22-15-25(34-5)24(33-4)14-20(22)23/h1,7-15H,2-5H3,(H2,30,31,32,36)/b17-13+,18-7+. The number of hydrogen-bond acceptors (Lipinski definition) is 6. The van der Waals surface area contributed by atoms with Crippen LogP contribution < -0.4 is 24.8 Å². The number of aryl methyl sites for hydroxylation is 1. The molecule has 2 aromatic carbocycles. The zero-order valence-electron chi connectivity index (χ0n) is 20.1. The minimum atomic E-state index is -0.693. The molecule has 0 aliphatic carbocycles. The minimum absolute atomic E-state index is 0.0139. The monoisotopic (exact) mass is 505 g/mol. The molecule has 0 fully saturated rings. The van der Waals surface area contributed by atoms with Gasteiger partial charge < -0.3 is 19.5 Å². The lowest BCUT2D eigenvalue weighted by molar-refractivity contribution is -0.115. The summed E-state index contributed by atoms with van der Waals surface area (Å²) in [5.41, 5.74) is 1.95. The number of nitrogens with zero attached hydrogens (tertiary/aromatic N) is 1. The molecule has 0 radical (unpaired) electrons. The first-order valence-corrected chi connectivity index (χ1v) is 11.1. The number of carbonyl (C=O) groups excluding carboxylic acids is 1. The molecule has 0 unspecified atom stereocenters. The molecule has 1 amide bonds. The van der Waals surface area contributed by atoms with Crippen LogP contribution in [0.1, 0.15) is 12.5 Å². The van der Waals surface area contributed by atoms with E-state index in [4.69, 9.17) is 32.9 Å². The first kappa shape index (κ1) is 26.2. The molecule has 0 saturated carbocycles. The second-order valence-electron chi connectivity index (χ2n) is 7.40. The first-order valence-electron chi connectivity index (χ1n) is 10.7. The average molecular weight is 506 g/mol. The summed E-state index contributed by atoms with van der Waals surface area (Å²) in [6.07, 6.45) is 9.11. The third-order valence-electron chi connectivity index (χ3n) is 5.07. The lowest BCUT2D eigenvalue weighted by Gasteiger charge is -2.15. The van der Waals surface area contributed by atoms with Crippen molar-refractivity contribution >= 4 is 39.8 Å². The number of fused-ring (bicyclic) bond motifs is 1. The van der Waals surface area contributed by atoms with Crippen LogP contribution in [0.2, 0.25) is 0 Å². The number of allylic oxidation sites excluding steroid dienone is 3. The van der Waals surface area contributed by atoms with Gasteiger partial charge in [0.25, 0.3) is 5.91 Å². The molecule has 3 aromatic rings. The van der Waals surface area contributed by atoms with Crippen LogP contribution in [0.4, 0.5) is 10.1 Å². The number of rotatable bonds is 7. The number of hydrogen-bond donors (Lipinski definition) is 2. The zero-order chi connectivity index (χ0) is 26.2. The Morgan fingerprint density at radius 2 is 1.86 bits per heavy atom. The van der Waals surface area contributed by atoms with E-state index in [1.54, 1.807) is 44.7 Å². The van der Waals surface area contributed by atoms with Crippen molar-refractivity contribution in [3.05, 3.63) is 71.7 Å². The molecule has 36 heavy (non-hydrogen) atoms. The van der Waals surface area contributed by atoms with Gasteiger partial charge in [-0.1, -0.05) is 12.0 Å². The van der Waals surface area contributed by atoms with E-state index in [0.717, 1.165) is 17.0 Å². The molecule has 0 aliphatic heterocycles. The number of pyridine rings is 1. The van der Waals surface area contributed by atoms with Crippen LogP contribution in [0.25, 0.3) is 10.9 Å². The number of terminal acetylenes is 1. The van der Waals surface area contributed by atoms with Gasteiger partial charge in [-0.2, -0.15) is 0 Å². The van der Waals surface area contributed by atoms with Gasteiger partial charge in [0.05, 0.1) is 25.3 Å². The number of amides is 1. The van der Waals surface area contributed by atoms with Crippen LogP contribution in [0, 0.1) is 19.3 Å². The van der Waals surface area contributed by atoms with Crippen LogP contribution >= 0.6 is 12.2 Å². The Kier molecular flexibility index (Phi) is 8.60. The Hall–Kier alpha value is -4.42. The molecule has 1 heterocycles. The van der Waals surface area contributed by atoms with Crippen molar-refractivity contribution in [2.24, 2.45) is 0 Å². The summed E-state index contributed by atoms with van der Waals surface area (Å²) in [4.78, 5) is 16.7. The number of carbonyl (C=O) groups is 1. The lowest BCUT2D eigenvalue weighted by atomic mass is 10.1. The maximum Gasteiger partial charge on any atom is 0.265 e. The van der Waals surface area contributed by atoms with Gasteiger partial charge in [0.1, 0.15) is 17.3 Å². The van der Waals surface area contributed by atoms with Crippen molar-refractivity contribution in [2.45, 2.75) is 13.8 Å². The van der Waals surface area contributed by atoms with Gasteiger partial charge in [0.15, 0.2) is 16.6 Å². The molecule has 2 N–H and O–H groups in total. The van der Waals surface area contributed by atoms with Gasteiger partial charge in [-0.05, 0) is 68.0 Å². The molecule has 7 nitrogen and oxygen atoms in total. The highest BCUT2D eigenvalue weighted by atomic mass is 32.1. The Morgan fingerprint density at radius 1 is 1.14 bits per heavy atom. The second kappa shape index (κ2) is 11.8. The maximum absolute atomic E-state index is 13.5. The second-order valence-corrected chi connectivity index (χ2v) is 7.80. The van der Waals surface area contributed by atoms with E-state index in [9.17, 15) is 9.18 Å². The molecule has 0 atom stereocenters. The molecule has 184 valence electrons. The Balaban J connectivity index is 1.76. The number of halogens is 1. The van der Waals surface area contributed by atoms with Gasteiger partial charge in [0, 0.05) is 23.3 Å². The quantitative estimate of drug-likeness (QED) is 0.187. The first-order chi connectivity index (χ1) is 17.3. The van der Waals surface area contributed by atoms with Gasteiger partial charge >= 0.3 is 0 Å². The summed E-state index contributed by atoms with van der Waals surface area (Å²) in [6.45, 7) is 3.34. The van der Waals surface area contributed by atoms with Gasteiger partial charge in [-0.3, -0.25) is 15.1 Å². The summed E-state index contributed by atoms with van der Waals surface area (Å²) in [5.74, 6) is 3.13. The molecule has 0 spiro atoms. The molecule has 3 rings (SSSR count). The highest BCUT2D eigenvalue weighted by Gasteiger charge is 2.13. The predicted octanol–water partition coefficient (Wildman–Crippen LogP) is 5.60. The van der Waals surface area contributed by atoms with Crippen LogP contribution in [0.3, 0.4) is 0 Å². The topological polar surface area (TPSA) is 81.7 Å². The fourth-order valence-electron chi connectivity index (χ4n) is 3.22. The summed E-state index contributed by atoms with van der Waals surface area (Å²) in [7, 11) is 3.13. The molecular weight excluding hydrogens is 481 g/mol. The number of aromatic nitrogens is 1. The van der Waals surface area contributed by atoms with Crippen molar-refractivity contribution in [2.75, 3.05) is 19.5 Å². The van der Waals surface area contributed by atoms with Crippen LogP contribution in [-0.4, -0.2) is 30.2 Å². The normalized spacial score (nSPS) is 11.4. The molecule has 0 aliphatic rings. The number of ether oxygens (including phenoxy) is 3. The highest BCUT2D eigenvalue weighted by molar-refractivity contribution is 7.80. The summed E-state index contributed by atoms with van der Waals surface area (Å²) < 4.78 is 30.3. The number of anilines is 1. The van der Waals surface area contributed by atoms with Crippen molar-refractivity contribution in [3.8, 4) is 35.3 Å². The zero-order valence-corrected chi connectivity index (χ0v) is 21.0. The molecular formula is C27H24FN3O4S. The predicted molar refractivity (Wildman–Crippen MR) is 142 cm³/mol. The van der Waals surface area contributed by atoms with E-state index < -0.39 is 11.7 Å². The number of benzene rings is 2. The van der Waals surface area contributed by atoms with Gasteiger partial charge in [-0.25, -0.2) is 4.39 Å². The molecule has 0 saturated heterocycles. The fraction of sp³-hybridized carbons (Fsp3) is 0.148. The summed E-state index contributed by atoms with van der Waals surface area (Å²) in [6, 6.07) is 10.7. The lowest BCUT2D eigenvalue weighted by Crippen LogP contribution is -2.35. The van der Waals surface area contributed by atoms with Crippen molar-refractivity contribution < 1.29 is 23.4 Å². The third-order valence-corrected chi connectivity index (χ3v) is 5.27.